The Bertz CT molecular complexity index is 992. The van der Waals surface area contributed by atoms with Crippen molar-refractivity contribution in [3.05, 3.63) is 81.9 Å². The minimum absolute atomic E-state index is 0.153. The van der Waals surface area contributed by atoms with Crippen molar-refractivity contribution in [3.8, 4) is 0 Å². The minimum atomic E-state index is -4.44. The Kier molecular flexibility index (Phi) is 5.53. The lowest BCUT2D eigenvalue weighted by atomic mass is 9.88. The average Bonchev–Trinajstić information content (AvgIpc) is 3.03. The third-order valence-corrected chi connectivity index (χ3v) is 6.06. The first-order valence-corrected chi connectivity index (χ1v) is 9.99. The Labute approximate surface area is 180 Å². The van der Waals surface area contributed by atoms with Gasteiger partial charge in [-0.2, -0.15) is 26.3 Å². The molecule has 2 aromatic carbocycles. The lowest BCUT2D eigenvalue weighted by Gasteiger charge is -2.34. The molecule has 4 rings (SSSR count). The summed E-state index contributed by atoms with van der Waals surface area (Å²) in [4.78, 5) is 15.3. The molecule has 0 aromatic heterocycles. The molecule has 2 bridgehead atoms. The monoisotopic (exact) mass is 451 g/mol. The van der Waals surface area contributed by atoms with Crippen molar-refractivity contribution in [2.45, 2.75) is 37.3 Å². The predicted octanol–water partition coefficient (Wildman–Crippen LogP) is 6.24. The highest BCUT2D eigenvalue weighted by Gasteiger charge is 2.44. The second-order valence-corrected chi connectivity index (χ2v) is 8.04. The highest BCUT2D eigenvalue weighted by Crippen LogP contribution is 2.40. The predicted molar refractivity (Wildman–Crippen MR) is 108 cm³/mol. The first-order chi connectivity index (χ1) is 14.9. The maximum Gasteiger partial charge on any atom is 0.416 e. The summed E-state index contributed by atoms with van der Waals surface area (Å²) in [6.07, 6.45) is -4.25. The molecule has 0 spiro atoms. The summed E-state index contributed by atoms with van der Waals surface area (Å²) in [5.74, 6) is -0.226. The number of ketones is 1. The van der Waals surface area contributed by atoms with E-state index in [0.29, 0.717) is 35.1 Å². The van der Waals surface area contributed by atoms with E-state index in [2.05, 4.69) is 0 Å². The van der Waals surface area contributed by atoms with Crippen molar-refractivity contribution in [2.24, 2.45) is 0 Å². The summed E-state index contributed by atoms with van der Waals surface area (Å²) in [5.41, 5.74) is 0.368. The van der Waals surface area contributed by atoms with Crippen LogP contribution in [0.2, 0.25) is 0 Å². The standard InChI is InChI=1S/C24H19F6NO/c1-31-20-10-11-21(31)19(13-15-4-8-17(9-5-15)24(28,29)30)22(32)18(20)12-14-2-6-16(7-3-14)23(25,26)27/h2-9,12-13,20-21H,10-11H2,1H3/b18-12+,19-13+. The summed E-state index contributed by atoms with van der Waals surface area (Å²) >= 11 is 0. The third-order valence-electron chi connectivity index (χ3n) is 6.06. The lowest BCUT2D eigenvalue weighted by molar-refractivity contribution is -0.138. The molecule has 0 N–H and O–H groups in total. The van der Waals surface area contributed by atoms with Crippen molar-refractivity contribution >= 4 is 17.9 Å². The Hall–Kier alpha value is -2.87. The minimum Gasteiger partial charge on any atom is -0.292 e. The molecule has 2 fully saturated rings. The van der Waals surface area contributed by atoms with Crippen LogP contribution >= 0.6 is 0 Å². The first kappa shape index (κ1) is 22.3. The van der Waals surface area contributed by atoms with Crippen molar-refractivity contribution < 1.29 is 31.1 Å². The van der Waals surface area contributed by atoms with E-state index in [-0.39, 0.29) is 17.9 Å². The van der Waals surface area contributed by atoms with Crippen LogP contribution in [-0.2, 0) is 17.1 Å². The Morgan fingerprint density at radius 2 is 1.06 bits per heavy atom. The molecule has 2 unspecified atom stereocenters. The van der Waals surface area contributed by atoms with Crippen LogP contribution in [0.1, 0.15) is 35.1 Å². The Balaban J connectivity index is 1.68. The van der Waals surface area contributed by atoms with Crippen LogP contribution in [0.15, 0.2) is 59.7 Å². The molecule has 0 saturated carbocycles. The fourth-order valence-electron chi connectivity index (χ4n) is 4.38. The number of carbonyl (C=O) groups is 1. The maximum atomic E-state index is 13.3. The lowest BCUT2D eigenvalue weighted by Crippen LogP contribution is -2.43. The molecule has 8 heteroatoms. The van der Waals surface area contributed by atoms with E-state index >= 15 is 0 Å². The number of hydrogen-bond acceptors (Lipinski definition) is 2. The summed E-state index contributed by atoms with van der Waals surface area (Å²) in [5, 5.41) is 0. The molecule has 2 aromatic rings. The van der Waals surface area contributed by atoms with Crippen LogP contribution in [0.4, 0.5) is 26.3 Å². The Morgan fingerprint density at radius 3 is 1.38 bits per heavy atom. The van der Waals surface area contributed by atoms with E-state index in [1.807, 2.05) is 11.9 Å². The number of halogens is 6. The topological polar surface area (TPSA) is 20.3 Å². The van der Waals surface area contributed by atoms with Crippen LogP contribution in [0.25, 0.3) is 12.2 Å². The molecule has 32 heavy (non-hydrogen) atoms. The normalized spacial score (nSPS) is 24.5. The zero-order valence-corrected chi connectivity index (χ0v) is 17.0. The highest BCUT2D eigenvalue weighted by atomic mass is 19.4. The number of piperidine rings is 1. The maximum absolute atomic E-state index is 13.3. The van der Waals surface area contributed by atoms with Gasteiger partial charge in [0.05, 0.1) is 11.1 Å². The van der Waals surface area contributed by atoms with Gasteiger partial charge in [0.15, 0.2) is 5.78 Å². The van der Waals surface area contributed by atoms with Crippen molar-refractivity contribution in [1.82, 2.24) is 4.90 Å². The number of fused-ring (bicyclic) bond motifs is 2. The van der Waals surface area contributed by atoms with Crippen LogP contribution < -0.4 is 0 Å². The third kappa shape index (κ3) is 4.24. The molecule has 2 atom stereocenters. The number of alkyl halides is 6. The molecule has 2 heterocycles. The number of likely N-dealkylation sites (N-methyl/N-ethyl adjacent to an activating group) is 1. The molecule has 2 nitrogen and oxygen atoms in total. The molecule has 0 amide bonds. The van der Waals surface area contributed by atoms with Crippen LogP contribution in [0.5, 0.6) is 0 Å². The van der Waals surface area contributed by atoms with Gasteiger partial charge in [-0.3, -0.25) is 9.69 Å². The largest absolute Gasteiger partial charge is 0.416 e. The number of nitrogens with zero attached hydrogens (tertiary/aromatic N) is 1. The SMILES string of the molecule is CN1C2CCC1/C(=C\c1ccc(C(F)(F)F)cc1)C(=O)/C2=C/c1ccc(C(F)(F)F)cc1. The smallest absolute Gasteiger partial charge is 0.292 e. The highest BCUT2D eigenvalue weighted by molar-refractivity contribution is 6.16. The van der Waals surface area contributed by atoms with Gasteiger partial charge >= 0.3 is 12.4 Å². The zero-order chi connectivity index (χ0) is 23.3. The molecule has 0 aliphatic carbocycles. The van der Waals surface area contributed by atoms with Gasteiger partial charge in [0.1, 0.15) is 0 Å². The zero-order valence-electron chi connectivity index (χ0n) is 17.0. The van der Waals surface area contributed by atoms with Crippen LogP contribution in [-0.4, -0.2) is 29.8 Å². The number of benzene rings is 2. The molecule has 0 radical (unpaired) electrons. The van der Waals surface area contributed by atoms with Gasteiger partial charge < -0.3 is 0 Å². The number of rotatable bonds is 2. The second kappa shape index (κ2) is 7.92. The van der Waals surface area contributed by atoms with Crippen molar-refractivity contribution in [1.29, 1.82) is 0 Å². The number of carbonyl (C=O) groups excluding carboxylic acids is 1. The first-order valence-electron chi connectivity index (χ1n) is 9.99. The van der Waals surface area contributed by atoms with E-state index in [9.17, 15) is 31.1 Å². The average molecular weight is 451 g/mol. The van der Waals surface area contributed by atoms with Gasteiger partial charge in [-0.15, -0.1) is 0 Å². The van der Waals surface area contributed by atoms with Crippen LogP contribution in [0.3, 0.4) is 0 Å². The van der Waals surface area contributed by atoms with Crippen molar-refractivity contribution in [2.75, 3.05) is 7.05 Å². The number of Topliss-reactive ketones (excluding diaryl/α,β-unsaturated/α-hetero) is 1. The van der Waals surface area contributed by atoms with Gasteiger partial charge in [-0.25, -0.2) is 0 Å². The Morgan fingerprint density at radius 1 is 0.719 bits per heavy atom. The van der Waals surface area contributed by atoms with Gasteiger partial charge in [0, 0.05) is 23.2 Å². The van der Waals surface area contributed by atoms with Crippen LogP contribution in [0, 0.1) is 0 Å². The fourth-order valence-corrected chi connectivity index (χ4v) is 4.38. The fraction of sp³-hybridized carbons (Fsp3) is 0.292. The molecular weight excluding hydrogens is 432 g/mol. The molecular formula is C24H19F6NO. The number of hydrogen-bond donors (Lipinski definition) is 0. The van der Waals surface area contributed by atoms with E-state index in [1.165, 1.54) is 24.3 Å². The summed E-state index contributed by atoms with van der Waals surface area (Å²) in [6.45, 7) is 0. The second-order valence-electron chi connectivity index (χ2n) is 8.04. The van der Waals surface area contributed by atoms with E-state index in [0.717, 1.165) is 24.3 Å². The van der Waals surface area contributed by atoms with Gasteiger partial charge in [-0.1, -0.05) is 24.3 Å². The van der Waals surface area contributed by atoms with Gasteiger partial charge in [0.25, 0.3) is 0 Å². The molecule has 2 aliphatic rings. The molecule has 2 aliphatic heterocycles. The summed E-state index contributed by atoms with van der Waals surface area (Å²) in [7, 11) is 1.87. The van der Waals surface area contributed by atoms with E-state index in [1.54, 1.807) is 12.2 Å². The summed E-state index contributed by atoms with van der Waals surface area (Å²) < 4.78 is 76.9. The van der Waals surface area contributed by atoms with E-state index < -0.39 is 23.5 Å². The summed E-state index contributed by atoms with van der Waals surface area (Å²) in [6, 6.07) is 8.87. The van der Waals surface area contributed by atoms with Gasteiger partial charge in [0.2, 0.25) is 0 Å². The molecule has 2 saturated heterocycles. The quantitative estimate of drug-likeness (QED) is 0.398. The van der Waals surface area contributed by atoms with E-state index in [4.69, 9.17) is 0 Å². The van der Waals surface area contributed by atoms with Gasteiger partial charge in [-0.05, 0) is 67.4 Å². The molecule has 168 valence electrons. The van der Waals surface area contributed by atoms with Crippen molar-refractivity contribution in [3.63, 3.8) is 0 Å².